The van der Waals surface area contributed by atoms with Crippen LogP contribution in [0.5, 0.6) is 0 Å². The molecule has 2 heterocycles. The van der Waals surface area contributed by atoms with Gasteiger partial charge in [0.05, 0.1) is 11.0 Å². The molecular formula is C16H11BrN4S. The van der Waals surface area contributed by atoms with E-state index >= 15 is 0 Å². The normalized spacial score (nSPS) is 11.0. The molecule has 2 aromatic carbocycles. The molecule has 0 fully saturated rings. The average molecular weight is 371 g/mol. The molecule has 0 aliphatic rings. The molecular weight excluding hydrogens is 360 g/mol. The van der Waals surface area contributed by atoms with Crippen molar-refractivity contribution in [2.75, 3.05) is 5.32 Å². The van der Waals surface area contributed by atoms with Crippen LogP contribution in [0.25, 0.3) is 21.6 Å². The van der Waals surface area contributed by atoms with E-state index < -0.39 is 0 Å². The van der Waals surface area contributed by atoms with Crippen LogP contribution in [-0.4, -0.2) is 15.0 Å². The van der Waals surface area contributed by atoms with Gasteiger partial charge < -0.3 is 10.3 Å². The van der Waals surface area contributed by atoms with Crippen molar-refractivity contribution >= 4 is 49.9 Å². The Kier molecular flexibility index (Phi) is 3.40. The van der Waals surface area contributed by atoms with Crippen LogP contribution in [0.3, 0.4) is 0 Å². The third-order valence-electron chi connectivity index (χ3n) is 3.27. The molecule has 0 unspecified atom stereocenters. The van der Waals surface area contributed by atoms with Crippen LogP contribution < -0.4 is 5.32 Å². The van der Waals surface area contributed by atoms with Crippen molar-refractivity contribution in [2.24, 2.45) is 0 Å². The highest BCUT2D eigenvalue weighted by molar-refractivity contribution is 9.10. The molecule has 2 N–H and O–H groups in total. The van der Waals surface area contributed by atoms with Crippen molar-refractivity contribution in [2.45, 2.75) is 0 Å². The summed E-state index contributed by atoms with van der Waals surface area (Å²) in [6.45, 7) is 0. The number of rotatable bonds is 3. The van der Waals surface area contributed by atoms with Gasteiger partial charge in [0.2, 0.25) is 5.95 Å². The van der Waals surface area contributed by atoms with E-state index in [2.05, 4.69) is 42.3 Å². The minimum atomic E-state index is 0.730. The summed E-state index contributed by atoms with van der Waals surface area (Å²) in [7, 11) is 0. The monoisotopic (exact) mass is 370 g/mol. The fourth-order valence-electron chi connectivity index (χ4n) is 2.24. The minimum absolute atomic E-state index is 0.730. The molecule has 0 bridgehead atoms. The van der Waals surface area contributed by atoms with Crippen molar-refractivity contribution < 1.29 is 0 Å². The third kappa shape index (κ3) is 2.63. The topological polar surface area (TPSA) is 53.6 Å². The Labute approximate surface area is 139 Å². The summed E-state index contributed by atoms with van der Waals surface area (Å²) in [5.74, 6) is 0.730. The van der Waals surface area contributed by atoms with E-state index in [0.717, 1.165) is 37.7 Å². The number of anilines is 2. The second-order valence-electron chi connectivity index (χ2n) is 4.79. The van der Waals surface area contributed by atoms with Crippen LogP contribution in [0, 0.1) is 0 Å². The Bertz CT molecular complexity index is 913. The van der Waals surface area contributed by atoms with Gasteiger partial charge in [-0.15, -0.1) is 11.3 Å². The van der Waals surface area contributed by atoms with Crippen LogP contribution in [0.1, 0.15) is 0 Å². The van der Waals surface area contributed by atoms with E-state index in [1.165, 1.54) is 0 Å². The maximum atomic E-state index is 4.56. The summed E-state index contributed by atoms with van der Waals surface area (Å²) >= 11 is 5.06. The molecule has 0 spiro atoms. The molecule has 0 aliphatic carbocycles. The molecule has 4 nitrogen and oxygen atoms in total. The first-order valence-electron chi connectivity index (χ1n) is 6.70. The minimum Gasteiger partial charge on any atom is -0.326 e. The number of aromatic nitrogens is 3. The van der Waals surface area contributed by atoms with Gasteiger partial charge in [0.1, 0.15) is 5.01 Å². The number of hydrogen-bond acceptors (Lipinski definition) is 4. The number of hydrogen-bond donors (Lipinski definition) is 2. The lowest BCUT2D eigenvalue weighted by Gasteiger charge is -2.01. The average Bonchev–Trinajstić information content (AvgIpc) is 3.17. The predicted octanol–water partition coefficient (Wildman–Crippen LogP) is 5.19. The molecule has 4 aromatic rings. The molecule has 0 saturated carbocycles. The first-order chi connectivity index (χ1) is 10.8. The Hall–Kier alpha value is -2.18. The number of H-pyrrole nitrogens is 1. The van der Waals surface area contributed by atoms with Gasteiger partial charge in [-0.1, -0.05) is 15.9 Å². The number of thiazole rings is 1. The Morgan fingerprint density at radius 1 is 1.09 bits per heavy atom. The van der Waals surface area contributed by atoms with Crippen LogP contribution >= 0.6 is 27.3 Å². The predicted molar refractivity (Wildman–Crippen MR) is 94.6 cm³/mol. The number of nitrogens with one attached hydrogen (secondary N) is 2. The van der Waals surface area contributed by atoms with Crippen molar-refractivity contribution in [1.82, 2.24) is 15.0 Å². The number of imidazole rings is 1. The van der Waals surface area contributed by atoms with Gasteiger partial charge in [-0.05, 0) is 42.5 Å². The number of fused-ring (bicyclic) bond motifs is 1. The first kappa shape index (κ1) is 13.5. The maximum absolute atomic E-state index is 4.56. The third-order valence-corrected chi connectivity index (χ3v) is 4.62. The van der Waals surface area contributed by atoms with Crippen molar-refractivity contribution in [3.05, 3.63) is 58.5 Å². The van der Waals surface area contributed by atoms with Gasteiger partial charge in [0, 0.05) is 27.3 Å². The van der Waals surface area contributed by atoms with Crippen LogP contribution in [0.15, 0.2) is 58.5 Å². The quantitative estimate of drug-likeness (QED) is 0.521. The molecule has 0 saturated heterocycles. The van der Waals surface area contributed by atoms with Gasteiger partial charge in [-0.3, -0.25) is 0 Å². The van der Waals surface area contributed by atoms with Crippen molar-refractivity contribution in [3.63, 3.8) is 0 Å². The number of benzene rings is 2. The van der Waals surface area contributed by atoms with Crippen molar-refractivity contribution in [1.29, 1.82) is 0 Å². The van der Waals surface area contributed by atoms with Gasteiger partial charge >= 0.3 is 0 Å². The fourth-order valence-corrected chi connectivity index (χ4v) is 3.14. The van der Waals surface area contributed by atoms with E-state index in [-0.39, 0.29) is 0 Å². The number of nitrogens with zero attached hydrogens (tertiary/aromatic N) is 2. The molecule has 0 aliphatic heterocycles. The van der Waals surface area contributed by atoms with Gasteiger partial charge in [-0.2, -0.15) is 0 Å². The van der Waals surface area contributed by atoms with E-state index in [0.29, 0.717) is 0 Å². The zero-order valence-electron chi connectivity index (χ0n) is 11.4. The molecule has 2 aromatic heterocycles. The smallest absolute Gasteiger partial charge is 0.205 e. The van der Waals surface area contributed by atoms with Crippen LogP contribution in [0.2, 0.25) is 0 Å². The van der Waals surface area contributed by atoms with Crippen LogP contribution in [-0.2, 0) is 0 Å². The lowest BCUT2D eigenvalue weighted by Crippen LogP contribution is -1.91. The van der Waals surface area contributed by atoms with E-state index in [4.69, 9.17) is 0 Å². The largest absolute Gasteiger partial charge is 0.326 e. The fraction of sp³-hybridized carbons (Fsp3) is 0. The maximum Gasteiger partial charge on any atom is 0.205 e. The van der Waals surface area contributed by atoms with E-state index in [9.17, 15) is 0 Å². The van der Waals surface area contributed by atoms with Gasteiger partial charge in [0.15, 0.2) is 0 Å². The van der Waals surface area contributed by atoms with Crippen molar-refractivity contribution in [3.8, 4) is 10.6 Å². The molecule has 0 atom stereocenters. The molecule has 108 valence electrons. The molecule has 0 radical (unpaired) electrons. The Morgan fingerprint density at radius 2 is 1.95 bits per heavy atom. The highest BCUT2D eigenvalue weighted by Crippen LogP contribution is 2.26. The Morgan fingerprint density at radius 3 is 2.73 bits per heavy atom. The summed E-state index contributed by atoms with van der Waals surface area (Å²) in [6, 6.07) is 14.1. The zero-order valence-corrected chi connectivity index (χ0v) is 13.8. The molecule has 0 amide bonds. The lowest BCUT2D eigenvalue weighted by molar-refractivity contribution is 1.31. The molecule has 4 rings (SSSR count). The summed E-state index contributed by atoms with van der Waals surface area (Å²) in [5.41, 5.74) is 4.01. The van der Waals surface area contributed by atoms with Gasteiger partial charge in [-0.25, -0.2) is 9.97 Å². The highest BCUT2D eigenvalue weighted by atomic mass is 79.9. The summed E-state index contributed by atoms with van der Waals surface area (Å²) < 4.78 is 1.05. The summed E-state index contributed by atoms with van der Waals surface area (Å²) in [6.07, 6.45) is 1.82. The SMILES string of the molecule is Brc1ccc(Nc2nc3ccc(-c4nccs4)cc3[nH]2)cc1. The van der Waals surface area contributed by atoms with E-state index in [1.54, 1.807) is 11.3 Å². The molecule has 22 heavy (non-hydrogen) atoms. The van der Waals surface area contributed by atoms with Gasteiger partial charge in [0.25, 0.3) is 0 Å². The first-order valence-corrected chi connectivity index (χ1v) is 8.37. The lowest BCUT2D eigenvalue weighted by atomic mass is 10.2. The summed E-state index contributed by atoms with van der Waals surface area (Å²) in [4.78, 5) is 12.2. The summed E-state index contributed by atoms with van der Waals surface area (Å²) in [5, 5.41) is 6.27. The van der Waals surface area contributed by atoms with Crippen LogP contribution in [0.4, 0.5) is 11.6 Å². The zero-order chi connectivity index (χ0) is 14.9. The van der Waals surface area contributed by atoms with E-state index in [1.807, 2.05) is 48.0 Å². The Balaban J connectivity index is 1.67. The molecule has 6 heteroatoms. The highest BCUT2D eigenvalue weighted by Gasteiger charge is 2.06. The standard InChI is InChI=1S/C16H11BrN4S/c17-11-2-4-12(5-3-11)19-16-20-13-6-1-10(9-14(13)21-16)15-18-7-8-22-15/h1-9H,(H2,19,20,21). The number of aromatic amines is 1. The second-order valence-corrected chi connectivity index (χ2v) is 6.60. The number of halogens is 1. The second kappa shape index (κ2) is 5.55.